The summed E-state index contributed by atoms with van der Waals surface area (Å²) < 4.78 is 4.82. The summed E-state index contributed by atoms with van der Waals surface area (Å²) in [5, 5.41) is 39.2. The highest BCUT2D eigenvalue weighted by atomic mass is 16.8. The van der Waals surface area contributed by atoms with Crippen LogP contribution in [0.25, 0.3) is 0 Å². The lowest BCUT2D eigenvalue weighted by Gasteiger charge is -2.20. The highest BCUT2D eigenvalue weighted by molar-refractivity contribution is 5.80. The Kier molecular flexibility index (Phi) is 8.45. The standard InChI is InChI=1S/C15H21N3O8/c16-10(13(19)20)6-3-4-8-17-15(23)26-12(14(21)22)9-5-1-2-7-11(9)18(24)25/h1-2,5,7,10,12,18,24H,3-4,6,8,16H2,(H,17,23)(H,19,20)(H,21,22)/t10-,12?/m0/s1. The molecule has 7 N–H and O–H groups in total. The maximum Gasteiger partial charge on any atom is 0.408 e. The minimum Gasteiger partial charge on any atom is -0.595 e. The lowest BCUT2D eigenvalue weighted by molar-refractivity contribution is -0.991. The van der Waals surface area contributed by atoms with Crippen molar-refractivity contribution in [1.29, 1.82) is 0 Å². The number of ether oxygens (including phenoxy) is 1. The summed E-state index contributed by atoms with van der Waals surface area (Å²) >= 11 is 0. The van der Waals surface area contributed by atoms with Crippen LogP contribution in [0.5, 0.6) is 0 Å². The molecular weight excluding hydrogens is 350 g/mol. The molecule has 1 aromatic rings. The molecule has 0 bridgehead atoms. The van der Waals surface area contributed by atoms with E-state index in [1.54, 1.807) is 0 Å². The molecule has 0 aliphatic rings. The molecule has 144 valence electrons. The maximum atomic E-state index is 11.8. The normalized spacial score (nSPS) is 14.1. The molecule has 1 rings (SSSR count). The molecule has 0 aromatic heterocycles. The zero-order chi connectivity index (χ0) is 19.7. The van der Waals surface area contributed by atoms with E-state index in [-0.39, 0.29) is 24.2 Å². The van der Waals surface area contributed by atoms with E-state index in [1.165, 1.54) is 24.3 Å². The number of carbonyl (C=O) groups excluding carboxylic acids is 1. The smallest absolute Gasteiger partial charge is 0.408 e. The van der Waals surface area contributed by atoms with Crippen LogP contribution in [0.2, 0.25) is 0 Å². The van der Waals surface area contributed by atoms with Crippen LogP contribution in [0.3, 0.4) is 0 Å². The summed E-state index contributed by atoms with van der Waals surface area (Å²) in [7, 11) is 0. The highest BCUT2D eigenvalue weighted by Crippen LogP contribution is 2.23. The van der Waals surface area contributed by atoms with Gasteiger partial charge in [-0.15, -0.1) is 0 Å². The Morgan fingerprint density at radius 1 is 1.19 bits per heavy atom. The number of benzene rings is 1. The van der Waals surface area contributed by atoms with Gasteiger partial charge in [-0.2, -0.15) is 5.23 Å². The molecule has 0 aliphatic carbocycles. The van der Waals surface area contributed by atoms with Crippen molar-refractivity contribution in [3.8, 4) is 0 Å². The molecule has 0 heterocycles. The van der Waals surface area contributed by atoms with Gasteiger partial charge in [-0.1, -0.05) is 12.1 Å². The van der Waals surface area contributed by atoms with E-state index in [0.29, 0.717) is 12.8 Å². The fourth-order valence-electron chi connectivity index (χ4n) is 2.12. The van der Waals surface area contributed by atoms with Gasteiger partial charge >= 0.3 is 18.0 Å². The molecular formula is C15H21N3O8. The molecule has 3 atom stereocenters. The number of amides is 1. The number of carboxylic acids is 2. The predicted octanol–water partition coefficient (Wildman–Crippen LogP) is -0.476. The molecule has 0 fully saturated rings. The van der Waals surface area contributed by atoms with Crippen molar-refractivity contribution in [2.24, 2.45) is 5.73 Å². The molecule has 0 radical (unpaired) electrons. The summed E-state index contributed by atoms with van der Waals surface area (Å²) in [6.07, 6.45) is -1.71. The van der Waals surface area contributed by atoms with Crippen LogP contribution in [-0.4, -0.2) is 46.0 Å². The molecule has 1 aromatic carbocycles. The highest BCUT2D eigenvalue weighted by Gasteiger charge is 2.29. The first kappa shape index (κ1) is 21.3. The Bertz CT molecular complexity index is 637. The van der Waals surface area contributed by atoms with Gasteiger partial charge in [0.25, 0.3) is 0 Å². The van der Waals surface area contributed by atoms with E-state index >= 15 is 0 Å². The first-order chi connectivity index (χ1) is 12.2. The first-order valence-electron chi connectivity index (χ1n) is 7.72. The Balaban J connectivity index is 2.57. The molecule has 11 nitrogen and oxygen atoms in total. The third-order valence-corrected chi connectivity index (χ3v) is 3.45. The second kappa shape index (κ2) is 10.3. The monoisotopic (exact) mass is 371 g/mol. The lowest BCUT2D eigenvalue weighted by Crippen LogP contribution is -2.99. The van der Waals surface area contributed by atoms with Gasteiger partial charge in [-0.3, -0.25) is 4.79 Å². The molecule has 0 spiro atoms. The van der Waals surface area contributed by atoms with Gasteiger partial charge < -0.3 is 31.2 Å². The number of carboxylic acid groups (broad SMARTS) is 2. The van der Waals surface area contributed by atoms with Gasteiger partial charge in [0, 0.05) is 12.6 Å². The summed E-state index contributed by atoms with van der Waals surface area (Å²) in [4.78, 5) is 33.7. The van der Waals surface area contributed by atoms with Crippen LogP contribution >= 0.6 is 0 Å². The van der Waals surface area contributed by atoms with E-state index in [4.69, 9.17) is 20.8 Å². The molecule has 0 saturated heterocycles. The van der Waals surface area contributed by atoms with Gasteiger partial charge in [0.15, 0.2) is 5.69 Å². The van der Waals surface area contributed by atoms with Crippen LogP contribution in [0.4, 0.5) is 10.5 Å². The summed E-state index contributed by atoms with van der Waals surface area (Å²) in [5.41, 5.74) is 4.90. The maximum absolute atomic E-state index is 11.8. The van der Waals surface area contributed by atoms with E-state index in [2.05, 4.69) is 5.32 Å². The Morgan fingerprint density at radius 3 is 2.42 bits per heavy atom. The largest absolute Gasteiger partial charge is 0.595 e. The van der Waals surface area contributed by atoms with Crippen molar-refractivity contribution in [3.63, 3.8) is 0 Å². The lowest BCUT2D eigenvalue weighted by atomic mass is 10.1. The number of nitrogens with one attached hydrogen (secondary N) is 2. The van der Waals surface area contributed by atoms with Crippen LogP contribution in [0.15, 0.2) is 24.3 Å². The number of quaternary nitrogens is 1. The van der Waals surface area contributed by atoms with Crippen molar-refractivity contribution >= 4 is 23.7 Å². The molecule has 26 heavy (non-hydrogen) atoms. The van der Waals surface area contributed by atoms with E-state index < -0.39 is 35.4 Å². The second-order valence-electron chi connectivity index (χ2n) is 5.38. The van der Waals surface area contributed by atoms with Crippen LogP contribution in [0.1, 0.15) is 30.9 Å². The second-order valence-corrected chi connectivity index (χ2v) is 5.38. The SMILES string of the molecule is N[C@@H](CCCCNC(=O)OC(C(=O)O)c1ccccc1[NH+]([O-])O)C(=O)O. The minimum absolute atomic E-state index is 0.123. The Labute approximate surface area is 148 Å². The first-order valence-corrected chi connectivity index (χ1v) is 7.72. The van der Waals surface area contributed by atoms with Gasteiger partial charge in [-0.25, -0.2) is 14.8 Å². The molecule has 0 aliphatic heterocycles. The van der Waals surface area contributed by atoms with Crippen LogP contribution < -0.4 is 16.3 Å². The third-order valence-electron chi connectivity index (χ3n) is 3.45. The van der Waals surface area contributed by atoms with Gasteiger partial charge in [0.05, 0.1) is 5.56 Å². The zero-order valence-corrected chi connectivity index (χ0v) is 13.8. The zero-order valence-electron chi connectivity index (χ0n) is 13.8. The number of unbranched alkanes of at least 4 members (excludes halogenated alkanes) is 1. The van der Waals surface area contributed by atoms with Crippen molar-refractivity contribution in [1.82, 2.24) is 5.32 Å². The quantitative estimate of drug-likeness (QED) is 0.233. The summed E-state index contributed by atoms with van der Waals surface area (Å²) in [6.45, 7) is 0.123. The van der Waals surface area contributed by atoms with Gasteiger partial charge in [0.1, 0.15) is 6.04 Å². The van der Waals surface area contributed by atoms with E-state index in [1.807, 2.05) is 0 Å². The van der Waals surface area contributed by atoms with Gasteiger partial charge in [0.2, 0.25) is 6.10 Å². The van der Waals surface area contributed by atoms with Crippen molar-refractivity contribution in [2.45, 2.75) is 31.4 Å². The topological polar surface area (TPSA) is 187 Å². The number of alkyl carbamates (subject to hydrolysis) is 1. The third kappa shape index (κ3) is 6.64. The Morgan fingerprint density at radius 2 is 1.85 bits per heavy atom. The Hall–Kier alpha value is -2.73. The van der Waals surface area contributed by atoms with Crippen molar-refractivity contribution < 1.29 is 39.8 Å². The van der Waals surface area contributed by atoms with Crippen molar-refractivity contribution in [3.05, 3.63) is 35.0 Å². The summed E-state index contributed by atoms with van der Waals surface area (Å²) in [6, 6.07) is 4.34. The van der Waals surface area contributed by atoms with Gasteiger partial charge in [-0.05, 0) is 25.3 Å². The van der Waals surface area contributed by atoms with Crippen molar-refractivity contribution in [2.75, 3.05) is 6.54 Å². The average molecular weight is 371 g/mol. The number of rotatable bonds is 10. The minimum atomic E-state index is -1.78. The average Bonchev–Trinajstić information content (AvgIpc) is 2.58. The molecule has 0 saturated carbocycles. The van der Waals surface area contributed by atoms with Crippen LogP contribution in [0, 0.1) is 5.21 Å². The fraction of sp³-hybridized carbons (Fsp3) is 0.400. The van der Waals surface area contributed by atoms with E-state index in [9.17, 15) is 24.7 Å². The number of nitrogens with two attached hydrogens (primary N) is 1. The van der Waals surface area contributed by atoms with E-state index in [0.717, 1.165) is 0 Å². The fourth-order valence-corrected chi connectivity index (χ4v) is 2.12. The number of hydrogen-bond donors (Lipinski definition) is 6. The molecule has 11 heteroatoms. The summed E-state index contributed by atoms with van der Waals surface area (Å²) in [5.74, 6) is -2.62. The number of carbonyl (C=O) groups is 3. The molecule has 2 unspecified atom stereocenters. The molecule has 1 amide bonds. The number of aliphatic carboxylic acids is 2. The van der Waals surface area contributed by atoms with Crippen LogP contribution in [-0.2, 0) is 14.3 Å². The number of para-hydroxylation sites is 1. The predicted molar refractivity (Wildman–Crippen MR) is 86.5 cm³/mol. The number of hydrogen-bond acceptors (Lipinski definition) is 7.